The molecular formula is C14H20Cl3FN2O. The van der Waals surface area contributed by atoms with Crippen LogP contribution in [0.5, 0.6) is 5.75 Å². The fourth-order valence-electron chi connectivity index (χ4n) is 2.46. The number of hydrogen-bond acceptors (Lipinski definition) is 3. The van der Waals surface area contributed by atoms with Gasteiger partial charge in [-0.15, -0.1) is 31.4 Å². The Labute approximate surface area is 142 Å². The molecule has 1 heterocycles. The molecule has 7 heteroatoms. The minimum absolute atomic E-state index is 0. The maximum Gasteiger partial charge on any atom is 0.139 e. The van der Waals surface area contributed by atoms with Gasteiger partial charge in [-0.25, -0.2) is 4.39 Å². The van der Waals surface area contributed by atoms with Crippen LogP contribution in [-0.2, 0) is 0 Å². The fraction of sp³-hybridized carbons (Fsp3) is 0.429. The van der Waals surface area contributed by atoms with E-state index in [1.165, 1.54) is 6.07 Å². The number of piperazine rings is 1. The van der Waals surface area contributed by atoms with Gasteiger partial charge in [0.05, 0.1) is 5.02 Å². The summed E-state index contributed by atoms with van der Waals surface area (Å²) in [5.41, 5.74) is 0.534. The van der Waals surface area contributed by atoms with Crippen molar-refractivity contribution in [2.75, 3.05) is 26.2 Å². The van der Waals surface area contributed by atoms with E-state index in [-0.39, 0.29) is 41.6 Å². The van der Waals surface area contributed by atoms with E-state index in [4.69, 9.17) is 11.6 Å². The lowest BCUT2D eigenvalue weighted by Crippen LogP contribution is -2.45. The normalized spacial score (nSPS) is 16.5. The quantitative estimate of drug-likeness (QED) is 0.809. The smallest absolute Gasteiger partial charge is 0.139 e. The van der Waals surface area contributed by atoms with E-state index in [2.05, 4.69) is 16.8 Å². The molecule has 0 amide bonds. The molecule has 3 nitrogen and oxygen atoms in total. The molecule has 1 atom stereocenters. The first-order chi connectivity index (χ1) is 9.13. The standard InChI is InChI=1S/C14H18ClFN2O.2ClH/c1-2-3-13(18-6-4-17-5-7-18)11-8-10(16)9-12(15)14(11)19;;/h2,8-9,13,17,19H,1,3-7H2;2*1H/t13-;;/m0../s1. The Morgan fingerprint density at radius 3 is 2.57 bits per heavy atom. The number of rotatable bonds is 4. The highest BCUT2D eigenvalue weighted by Gasteiger charge is 2.25. The predicted molar refractivity (Wildman–Crippen MR) is 89.6 cm³/mol. The topological polar surface area (TPSA) is 35.5 Å². The zero-order valence-electron chi connectivity index (χ0n) is 11.5. The number of hydrogen-bond donors (Lipinski definition) is 2. The summed E-state index contributed by atoms with van der Waals surface area (Å²) in [7, 11) is 0. The van der Waals surface area contributed by atoms with E-state index in [1.807, 2.05) is 0 Å². The molecule has 120 valence electrons. The van der Waals surface area contributed by atoms with Gasteiger partial charge in [-0.2, -0.15) is 0 Å². The lowest BCUT2D eigenvalue weighted by molar-refractivity contribution is 0.171. The summed E-state index contributed by atoms with van der Waals surface area (Å²) < 4.78 is 13.5. The summed E-state index contributed by atoms with van der Waals surface area (Å²) in [4.78, 5) is 2.21. The van der Waals surface area contributed by atoms with E-state index < -0.39 is 5.82 Å². The molecule has 0 unspecified atom stereocenters. The summed E-state index contributed by atoms with van der Waals surface area (Å²) in [6.07, 6.45) is 2.43. The molecule has 21 heavy (non-hydrogen) atoms. The third-order valence-electron chi connectivity index (χ3n) is 3.40. The largest absolute Gasteiger partial charge is 0.506 e. The average Bonchev–Trinajstić information content (AvgIpc) is 2.41. The van der Waals surface area contributed by atoms with Gasteiger partial charge in [0.15, 0.2) is 0 Å². The molecule has 2 N–H and O–H groups in total. The Hall–Kier alpha value is -0.520. The molecule has 1 saturated heterocycles. The van der Waals surface area contributed by atoms with Crippen LogP contribution >= 0.6 is 36.4 Å². The molecule has 1 aromatic rings. The van der Waals surface area contributed by atoms with Gasteiger partial charge in [-0.3, -0.25) is 4.90 Å². The van der Waals surface area contributed by atoms with Gasteiger partial charge in [-0.05, 0) is 18.6 Å². The first kappa shape index (κ1) is 20.5. The summed E-state index contributed by atoms with van der Waals surface area (Å²) in [5.74, 6) is -0.463. The number of benzene rings is 1. The molecule has 0 radical (unpaired) electrons. The summed E-state index contributed by atoms with van der Waals surface area (Å²) >= 11 is 5.86. The van der Waals surface area contributed by atoms with Gasteiger partial charge >= 0.3 is 0 Å². The summed E-state index contributed by atoms with van der Waals surface area (Å²) in [6.45, 7) is 7.22. The van der Waals surface area contributed by atoms with Crippen molar-refractivity contribution in [3.05, 3.63) is 41.2 Å². The Bertz CT molecular complexity index is 468. The first-order valence-corrected chi connectivity index (χ1v) is 6.75. The van der Waals surface area contributed by atoms with E-state index >= 15 is 0 Å². The highest BCUT2D eigenvalue weighted by atomic mass is 35.5. The number of aromatic hydroxyl groups is 1. The molecule has 0 spiro atoms. The summed E-state index contributed by atoms with van der Waals surface area (Å²) in [6, 6.07) is 2.40. The molecule has 1 aliphatic heterocycles. The van der Waals surface area contributed by atoms with Crippen LogP contribution in [0.25, 0.3) is 0 Å². The zero-order valence-corrected chi connectivity index (χ0v) is 13.9. The van der Waals surface area contributed by atoms with Crippen LogP contribution in [0.2, 0.25) is 5.02 Å². The van der Waals surface area contributed by atoms with Gasteiger partial charge in [0, 0.05) is 37.8 Å². The lowest BCUT2D eigenvalue weighted by Gasteiger charge is -2.35. The number of phenolic OH excluding ortho intramolecular Hbond substituents is 1. The Morgan fingerprint density at radius 1 is 1.38 bits per heavy atom. The van der Waals surface area contributed by atoms with Crippen molar-refractivity contribution in [1.29, 1.82) is 0 Å². The summed E-state index contributed by atoms with van der Waals surface area (Å²) in [5, 5.41) is 13.4. The number of nitrogens with one attached hydrogen (secondary N) is 1. The first-order valence-electron chi connectivity index (χ1n) is 6.37. The van der Waals surface area contributed by atoms with Crippen LogP contribution in [-0.4, -0.2) is 36.2 Å². The third-order valence-corrected chi connectivity index (χ3v) is 3.69. The third kappa shape index (κ3) is 5.01. The molecule has 0 aliphatic carbocycles. The molecule has 1 aromatic carbocycles. The van der Waals surface area contributed by atoms with E-state index in [9.17, 15) is 9.50 Å². The second-order valence-electron chi connectivity index (χ2n) is 4.65. The molecule has 1 aliphatic rings. The molecule has 2 rings (SSSR count). The molecular weight excluding hydrogens is 338 g/mol. The number of halogens is 4. The highest BCUT2D eigenvalue weighted by Crippen LogP contribution is 2.37. The molecule has 0 bridgehead atoms. The second-order valence-corrected chi connectivity index (χ2v) is 5.06. The molecule has 0 aromatic heterocycles. The van der Waals surface area contributed by atoms with Crippen molar-refractivity contribution >= 4 is 36.4 Å². The van der Waals surface area contributed by atoms with Crippen molar-refractivity contribution < 1.29 is 9.50 Å². The van der Waals surface area contributed by atoms with Crippen molar-refractivity contribution in [1.82, 2.24) is 10.2 Å². The van der Waals surface area contributed by atoms with Crippen LogP contribution in [0.1, 0.15) is 18.0 Å². The predicted octanol–water partition coefficient (Wildman–Crippen LogP) is 3.55. The van der Waals surface area contributed by atoms with Gasteiger partial charge < -0.3 is 10.4 Å². The van der Waals surface area contributed by atoms with E-state index in [1.54, 1.807) is 6.08 Å². The van der Waals surface area contributed by atoms with Crippen molar-refractivity contribution in [2.45, 2.75) is 12.5 Å². The molecule has 1 fully saturated rings. The second kappa shape index (κ2) is 9.49. The number of phenols is 1. The SMILES string of the molecule is C=CC[C@@H](c1cc(F)cc(Cl)c1O)N1CCNCC1.Cl.Cl. The van der Waals surface area contributed by atoms with Crippen molar-refractivity contribution in [3.63, 3.8) is 0 Å². The lowest BCUT2D eigenvalue weighted by atomic mass is 10.00. The van der Waals surface area contributed by atoms with Gasteiger partial charge in [0.2, 0.25) is 0 Å². The van der Waals surface area contributed by atoms with Crippen molar-refractivity contribution in [2.24, 2.45) is 0 Å². The average molecular weight is 358 g/mol. The van der Waals surface area contributed by atoms with Gasteiger partial charge in [-0.1, -0.05) is 17.7 Å². The van der Waals surface area contributed by atoms with Gasteiger partial charge in [0.25, 0.3) is 0 Å². The van der Waals surface area contributed by atoms with Crippen LogP contribution in [0.4, 0.5) is 4.39 Å². The Kier molecular flexibility index (Phi) is 9.25. The van der Waals surface area contributed by atoms with Crippen molar-refractivity contribution in [3.8, 4) is 5.75 Å². The van der Waals surface area contributed by atoms with E-state index in [0.717, 1.165) is 32.2 Å². The minimum atomic E-state index is -0.429. The highest BCUT2D eigenvalue weighted by molar-refractivity contribution is 6.32. The minimum Gasteiger partial charge on any atom is -0.506 e. The fourth-order valence-corrected chi connectivity index (χ4v) is 2.68. The molecule has 0 saturated carbocycles. The van der Waals surface area contributed by atoms with Crippen LogP contribution in [0.3, 0.4) is 0 Å². The maximum atomic E-state index is 13.5. The number of nitrogens with zero attached hydrogens (tertiary/aromatic N) is 1. The van der Waals surface area contributed by atoms with Crippen LogP contribution in [0.15, 0.2) is 24.8 Å². The monoisotopic (exact) mass is 356 g/mol. The maximum absolute atomic E-state index is 13.5. The zero-order chi connectivity index (χ0) is 13.8. The van der Waals surface area contributed by atoms with Gasteiger partial charge in [0.1, 0.15) is 11.6 Å². The Balaban J connectivity index is 0.00000200. The van der Waals surface area contributed by atoms with E-state index in [0.29, 0.717) is 12.0 Å². The Morgan fingerprint density at radius 2 is 2.00 bits per heavy atom. The van der Waals surface area contributed by atoms with Crippen LogP contribution < -0.4 is 5.32 Å². The van der Waals surface area contributed by atoms with Crippen LogP contribution in [0, 0.1) is 5.82 Å².